The lowest BCUT2D eigenvalue weighted by atomic mass is 9.90. The number of nitrogens with one attached hydrogen (secondary N) is 2. The standard InChI is InChI=1S/C20H16F2N2O3S/c1-2-27-19(26)18(25)15-16(11-6-4-3-5-7-11)23-20(28)24-17(15)12-8-9-13(21)14(22)10-12/h3-10,17H,2H2,1H3,(H2,23,24,28)/t17-/m0/s1. The Morgan fingerprint density at radius 1 is 1.11 bits per heavy atom. The highest BCUT2D eigenvalue weighted by Gasteiger charge is 2.36. The van der Waals surface area contributed by atoms with Gasteiger partial charge in [-0.3, -0.25) is 4.79 Å². The van der Waals surface area contributed by atoms with Crippen LogP contribution in [0.2, 0.25) is 0 Å². The largest absolute Gasteiger partial charge is 0.460 e. The molecule has 8 heteroatoms. The fourth-order valence-corrected chi connectivity index (χ4v) is 3.11. The number of hydrogen-bond donors (Lipinski definition) is 2. The van der Waals surface area contributed by atoms with Crippen molar-refractivity contribution in [3.63, 3.8) is 0 Å². The molecule has 1 aliphatic heterocycles. The average molecular weight is 402 g/mol. The van der Waals surface area contributed by atoms with Gasteiger partial charge in [-0.1, -0.05) is 36.4 Å². The highest BCUT2D eigenvalue weighted by atomic mass is 32.1. The van der Waals surface area contributed by atoms with E-state index < -0.39 is 29.4 Å². The van der Waals surface area contributed by atoms with Crippen molar-refractivity contribution in [1.29, 1.82) is 0 Å². The van der Waals surface area contributed by atoms with Crippen LogP contribution in [0.3, 0.4) is 0 Å². The maximum absolute atomic E-state index is 13.8. The van der Waals surface area contributed by atoms with Crippen LogP contribution in [0.4, 0.5) is 8.78 Å². The molecule has 5 nitrogen and oxygen atoms in total. The van der Waals surface area contributed by atoms with Gasteiger partial charge in [-0.05, 0) is 42.4 Å². The molecule has 0 saturated heterocycles. The van der Waals surface area contributed by atoms with E-state index in [1.807, 2.05) is 0 Å². The quantitative estimate of drug-likeness (QED) is 0.455. The molecule has 0 aliphatic carbocycles. The molecule has 0 aromatic heterocycles. The van der Waals surface area contributed by atoms with Gasteiger partial charge in [-0.2, -0.15) is 0 Å². The second-order valence-corrected chi connectivity index (χ2v) is 6.32. The number of Topliss-reactive ketones (excluding diaryl/α,β-unsaturated/α-hetero) is 1. The first-order valence-electron chi connectivity index (χ1n) is 8.45. The van der Waals surface area contributed by atoms with Crippen LogP contribution >= 0.6 is 12.2 Å². The number of halogens is 2. The van der Waals surface area contributed by atoms with Gasteiger partial charge in [0.05, 0.1) is 23.9 Å². The van der Waals surface area contributed by atoms with E-state index in [0.29, 0.717) is 11.3 Å². The summed E-state index contributed by atoms with van der Waals surface area (Å²) in [5.41, 5.74) is 1.15. The number of benzene rings is 2. The van der Waals surface area contributed by atoms with Gasteiger partial charge in [0.25, 0.3) is 5.78 Å². The maximum Gasteiger partial charge on any atom is 0.379 e. The number of ketones is 1. The zero-order chi connectivity index (χ0) is 20.3. The third-order valence-electron chi connectivity index (χ3n) is 4.12. The summed E-state index contributed by atoms with van der Waals surface area (Å²) in [5.74, 6) is -4.05. The molecule has 0 spiro atoms. The highest BCUT2D eigenvalue weighted by molar-refractivity contribution is 7.80. The van der Waals surface area contributed by atoms with Crippen LogP contribution in [0.1, 0.15) is 24.1 Å². The van der Waals surface area contributed by atoms with Crippen LogP contribution < -0.4 is 10.6 Å². The molecule has 28 heavy (non-hydrogen) atoms. The number of thiocarbonyl (C=S) groups is 1. The van der Waals surface area contributed by atoms with Crippen LogP contribution in [0.15, 0.2) is 54.1 Å². The molecule has 0 fully saturated rings. The summed E-state index contributed by atoms with van der Waals surface area (Å²) in [6, 6.07) is 11.1. The number of rotatable bonds is 5. The van der Waals surface area contributed by atoms with Gasteiger partial charge in [-0.15, -0.1) is 0 Å². The minimum atomic E-state index is -1.08. The van der Waals surface area contributed by atoms with Crippen LogP contribution in [0.5, 0.6) is 0 Å². The van der Waals surface area contributed by atoms with E-state index in [2.05, 4.69) is 10.6 Å². The molecular weight excluding hydrogens is 386 g/mol. The van der Waals surface area contributed by atoms with Gasteiger partial charge in [0.1, 0.15) is 0 Å². The van der Waals surface area contributed by atoms with Crippen molar-refractivity contribution in [3.05, 3.63) is 76.9 Å². The van der Waals surface area contributed by atoms with E-state index in [0.717, 1.165) is 12.1 Å². The lowest BCUT2D eigenvalue weighted by molar-refractivity contribution is -0.151. The van der Waals surface area contributed by atoms with E-state index in [4.69, 9.17) is 17.0 Å². The smallest absolute Gasteiger partial charge is 0.379 e. The lowest BCUT2D eigenvalue weighted by Crippen LogP contribution is -2.46. The summed E-state index contributed by atoms with van der Waals surface area (Å²) >= 11 is 5.22. The van der Waals surface area contributed by atoms with Crippen LogP contribution in [-0.4, -0.2) is 23.5 Å². The monoisotopic (exact) mass is 402 g/mol. The van der Waals surface area contributed by atoms with Crippen molar-refractivity contribution in [2.45, 2.75) is 13.0 Å². The van der Waals surface area contributed by atoms with Gasteiger partial charge in [-0.25, -0.2) is 13.6 Å². The minimum absolute atomic E-state index is 0.00394. The first-order chi connectivity index (χ1) is 13.4. The van der Waals surface area contributed by atoms with Gasteiger partial charge in [0, 0.05) is 0 Å². The first-order valence-corrected chi connectivity index (χ1v) is 8.86. The molecule has 3 rings (SSSR count). The van der Waals surface area contributed by atoms with Crippen molar-refractivity contribution in [2.75, 3.05) is 6.61 Å². The average Bonchev–Trinajstić information content (AvgIpc) is 2.69. The highest BCUT2D eigenvalue weighted by Crippen LogP contribution is 2.32. The SMILES string of the molecule is CCOC(=O)C(=O)C1=C(c2ccccc2)NC(=S)N[C@H]1c1ccc(F)c(F)c1. The molecule has 0 bridgehead atoms. The zero-order valence-electron chi connectivity index (χ0n) is 14.8. The predicted molar refractivity (Wildman–Crippen MR) is 103 cm³/mol. The summed E-state index contributed by atoms with van der Waals surface area (Å²) in [6.45, 7) is 1.60. The Hall–Kier alpha value is -3.13. The predicted octanol–water partition coefficient (Wildman–Crippen LogP) is 3.03. The third-order valence-corrected chi connectivity index (χ3v) is 4.34. The first kappa shape index (κ1) is 19.6. The Labute approximate surface area is 165 Å². The molecule has 0 unspecified atom stereocenters. The van der Waals surface area contributed by atoms with Gasteiger partial charge < -0.3 is 15.4 Å². The van der Waals surface area contributed by atoms with E-state index in [9.17, 15) is 18.4 Å². The number of hydrogen-bond acceptors (Lipinski definition) is 4. The molecule has 0 amide bonds. The zero-order valence-corrected chi connectivity index (χ0v) is 15.6. The Kier molecular flexibility index (Phi) is 5.79. The van der Waals surface area contributed by atoms with Crippen LogP contribution in [0, 0.1) is 11.6 Å². The van der Waals surface area contributed by atoms with E-state index >= 15 is 0 Å². The second kappa shape index (κ2) is 8.26. The molecule has 1 heterocycles. The number of carbonyl (C=O) groups is 2. The van der Waals surface area contributed by atoms with Gasteiger partial charge in [0.2, 0.25) is 0 Å². The number of ether oxygens (including phenoxy) is 1. The Balaban J connectivity index is 2.20. The molecule has 144 valence electrons. The molecule has 0 radical (unpaired) electrons. The topological polar surface area (TPSA) is 67.4 Å². The summed E-state index contributed by atoms with van der Waals surface area (Å²) < 4.78 is 32.0. The molecule has 2 N–H and O–H groups in total. The van der Waals surface area contributed by atoms with Crippen molar-refractivity contribution in [1.82, 2.24) is 10.6 Å². The number of carbonyl (C=O) groups excluding carboxylic acids is 2. The Morgan fingerprint density at radius 3 is 2.46 bits per heavy atom. The lowest BCUT2D eigenvalue weighted by Gasteiger charge is -2.31. The van der Waals surface area contributed by atoms with Gasteiger partial charge >= 0.3 is 5.97 Å². The van der Waals surface area contributed by atoms with E-state index in [1.165, 1.54) is 6.07 Å². The second-order valence-electron chi connectivity index (χ2n) is 5.91. The van der Waals surface area contributed by atoms with Crippen LogP contribution in [0.25, 0.3) is 5.70 Å². The molecule has 2 aromatic carbocycles. The summed E-state index contributed by atoms with van der Waals surface area (Å²) in [7, 11) is 0. The fourth-order valence-electron chi connectivity index (χ4n) is 2.89. The molecule has 1 aliphatic rings. The van der Waals surface area contributed by atoms with Crippen LogP contribution in [-0.2, 0) is 14.3 Å². The molecule has 2 aromatic rings. The molecular formula is C20H16F2N2O3S. The van der Waals surface area contributed by atoms with Crippen molar-refractivity contribution in [2.24, 2.45) is 0 Å². The Bertz CT molecular complexity index is 977. The summed E-state index contributed by atoms with van der Waals surface area (Å²) in [6.07, 6.45) is 0. The normalized spacial score (nSPS) is 16.2. The van der Waals surface area contributed by atoms with Crippen molar-refractivity contribution >= 4 is 34.8 Å². The summed E-state index contributed by atoms with van der Waals surface area (Å²) in [4.78, 5) is 25.1. The molecule has 1 atom stereocenters. The third kappa shape index (κ3) is 3.91. The number of esters is 1. The minimum Gasteiger partial charge on any atom is -0.460 e. The van der Waals surface area contributed by atoms with E-state index in [-0.39, 0.29) is 22.9 Å². The maximum atomic E-state index is 13.8. The fraction of sp³-hybridized carbons (Fsp3) is 0.150. The van der Waals surface area contributed by atoms with Crippen molar-refractivity contribution in [3.8, 4) is 0 Å². The molecule has 0 saturated carbocycles. The van der Waals surface area contributed by atoms with E-state index in [1.54, 1.807) is 37.3 Å². The Morgan fingerprint density at radius 2 is 1.82 bits per heavy atom. The van der Waals surface area contributed by atoms with Crippen molar-refractivity contribution < 1.29 is 23.1 Å². The summed E-state index contributed by atoms with van der Waals surface area (Å²) in [5, 5.41) is 5.92. The van der Waals surface area contributed by atoms with Gasteiger partial charge in [0.15, 0.2) is 16.7 Å².